The molecule has 144 valence electrons. The molecule has 0 bridgehead atoms. The minimum atomic E-state index is -3.89. The highest BCUT2D eigenvalue weighted by Gasteiger charge is 2.33. The molecule has 0 saturated heterocycles. The Bertz CT molecular complexity index is 1270. The van der Waals surface area contributed by atoms with Crippen molar-refractivity contribution in [1.82, 2.24) is 9.97 Å². The molecule has 0 aliphatic heterocycles. The fourth-order valence-corrected chi connectivity index (χ4v) is 3.98. The van der Waals surface area contributed by atoms with Gasteiger partial charge in [0.05, 0.1) is 4.90 Å². The van der Waals surface area contributed by atoms with Gasteiger partial charge in [0.25, 0.3) is 10.9 Å². The number of aliphatic hydroxyl groups excluding tert-OH is 1. The molecule has 4 rings (SSSR count). The maximum Gasteiger partial charge on any atom is 0.253 e. The van der Waals surface area contributed by atoms with E-state index in [1.807, 2.05) is 0 Å². The van der Waals surface area contributed by atoms with Crippen LogP contribution in [0.15, 0.2) is 82.7 Å². The normalized spacial score (nSPS) is 13.9. The summed E-state index contributed by atoms with van der Waals surface area (Å²) < 4.78 is 25.1. The van der Waals surface area contributed by atoms with Gasteiger partial charge in [0.1, 0.15) is 5.70 Å². The van der Waals surface area contributed by atoms with Crippen molar-refractivity contribution in [2.24, 2.45) is 0 Å². The number of aliphatic hydroxyl groups is 1. The number of aromatic nitrogens is 2. The number of hydrogen-bond acceptors (Lipinski definition) is 8. The van der Waals surface area contributed by atoms with Crippen molar-refractivity contribution >= 4 is 32.9 Å². The number of fused-ring (bicyclic) bond motifs is 1. The molecule has 0 radical (unpaired) electrons. The molecule has 1 aromatic heterocycles. The fraction of sp³-hybridized carbons (Fsp3) is 0. The third kappa shape index (κ3) is 3.17. The molecule has 1 aliphatic carbocycles. The van der Waals surface area contributed by atoms with Crippen LogP contribution in [0.5, 0.6) is 0 Å². The number of hydrogen-bond donors (Lipinski definition) is 2. The minimum Gasteiger partial charge on any atom is -0.505 e. The molecule has 0 fully saturated rings. The summed E-state index contributed by atoms with van der Waals surface area (Å²) in [6.45, 7) is 0. The first-order valence-corrected chi connectivity index (χ1v) is 9.89. The second-order valence-corrected chi connectivity index (χ2v) is 7.96. The van der Waals surface area contributed by atoms with Crippen molar-refractivity contribution in [2.75, 3.05) is 5.32 Å². The van der Waals surface area contributed by atoms with E-state index < -0.39 is 21.4 Å². The van der Waals surface area contributed by atoms with E-state index in [0.29, 0.717) is 5.69 Å². The van der Waals surface area contributed by atoms with Crippen molar-refractivity contribution in [3.8, 4) is 0 Å². The van der Waals surface area contributed by atoms with E-state index in [2.05, 4.69) is 15.3 Å². The highest BCUT2D eigenvalue weighted by atomic mass is 32.2. The van der Waals surface area contributed by atoms with Crippen LogP contribution >= 0.6 is 0 Å². The largest absolute Gasteiger partial charge is 0.505 e. The lowest BCUT2D eigenvalue weighted by Gasteiger charge is -2.18. The van der Waals surface area contributed by atoms with Gasteiger partial charge in [0.15, 0.2) is 5.76 Å². The number of Topliss-reactive ketones (excluding diaryl/α,β-unsaturated/α-hetero) is 2. The van der Waals surface area contributed by atoms with Crippen molar-refractivity contribution in [2.45, 2.75) is 10.1 Å². The quantitative estimate of drug-likeness (QED) is 0.499. The first kappa shape index (κ1) is 18.5. The third-order valence-corrected chi connectivity index (χ3v) is 5.90. The number of nitrogens with one attached hydrogen (secondary N) is 1. The Kier molecular flexibility index (Phi) is 4.44. The van der Waals surface area contributed by atoms with Gasteiger partial charge in [0, 0.05) is 29.2 Å². The first-order valence-electron chi connectivity index (χ1n) is 8.40. The summed E-state index contributed by atoms with van der Waals surface area (Å²) in [6.07, 6.45) is 2.66. The van der Waals surface area contributed by atoms with Crippen molar-refractivity contribution in [1.29, 1.82) is 0 Å². The van der Waals surface area contributed by atoms with Crippen LogP contribution in [0.25, 0.3) is 5.76 Å². The maximum absolute atomic E-state index is 12.5. The second kappa shape index (κ2) is 6.95. The fourth-order valence-electron chi connectivity index (χ4n) is 2.87. The molecule has 0 unspecified atom stereocenters. The lowest BCUT2D eigenvalue weighted by atomic mass is 9.91. The zero-order valence-electron chi connectivity index (χ0n) is 14.7. The van der Waals surface area contributed by atoms with Crippen LogP contribution in [0.3, 0.4) is 0 Å². The lowest BCUT2D eigenvalue weighted by Crippen LogP contribution is -2.27. The van der Waals surface area contributed by atoms with E-state index in [9.17, 15) is 23.1 Å². The minimum absolute atomic E-state index is 0.0381. The van der Waals surface area contributed by atoms with Gasteiger partial charge in [-0.25, -0.2) is 18.4 Å². The topological polar surface area (TPSA) is 126 Å². The Morgan fingerprint density at radius 3 is 2.07 bits per heavy atom. The van der Waals surface area contributed by atoms with E-state index in [0.717, 1.165) is 0 Å². The van der Waals surface area contributed by atoms with Crippen LogP contribution < -0.4 is 5.32 Å². The molecule has 0 saturated carbocycles. The van der Waals surface area contributed by atoms with E-state index >= 15 is 0 Å². The van der Waals surface area contributed by atoms with Gasteiger partial charge in [-0.2, -0.15) is 0 Å². The molecule has 1 heterocycles. The Hall–Kier alpha value is -3.85. The molecule has 29 heavy (non-hydrogen) atoms. The predicted molar refractivity (Wildman–Crippen MR) is 103 cm³/mol. The summed E-state index contributed by atoms with van der Waals surface area (Å²) in [6, 6.07) is 13.2. The second-order valence-electron chi connectivity index (χ2n) is 6.11. The van der Waals surface area contributed by atoms with Crippen LogP contribution in [-0.4, -0.2) is 35.1 Å². The zero-order valence-corrected chi connectivity index (χ0v) is 15.6. The number of rotatable bonds is 4. The average molecular weight is 407 g/mol. The van der Waals surface area contributed by atoms with Crippen LogP contribution in [-0.2, 0) is 14.6 Å². The molecule has 0 atom stereocenters. The Labute approximate surface area is 165 Å². The molecule has 0 spiro atoms. The number of sulfone groups is 1. The average Bonchev–Trinajstić information content (AvgIpc) is 2.76. The smallest absolute Gasteiger partial charge is 0.253 e. The maximum atomic E-state index is 12.5. The highest BCUT2D eigenvalue weighted by Crippen LogP contribution is 2.29. The SMILES string of the molecule is O=C1C(=O)c2ccccc2C(O)=C1Nc1ccc(S(=O)(=O)c2ncccn2)cc1. The number of carbonyl (C=O) groups is 2. The number of allylic oxidation sites excluding steroid dienone is 1. The first-order chi connectivity index (χ1) is 13.9. The van der Waals surface area contributed by atoms with Crippen LogP contribution in [0.1, 0.15) is 15.9 Å². The van der Waals surface area contributed by atoms with E-state index in [1.165, 1.54) is 54.9 Å². The van der Waals surface area contributed by atoms with Gasteiger partial charge >= 0.3 is 0 Å². The van der Waals surface area contributed by atoms with Gasteiger partial charge in [-0.1, -0.05) is 24.3 Å². The monoisotopic (exact) mass is 407 g/mol. The van der Waals surface area contributed by atoms with Gasteiger partial charge in [-0.3, -0.25) is 9.59 Å². The summed E-state index contributed by atoms with van der Waals surface area (Å²) in [5, 5.41) is 12.8. The standard InChI is InChI=1S/C20H13N3O5S/c24-17-14-4-1-2-5-15(14)18(25)19(26)16(17)23-12-6-8-13(9-7-12)29(27,28)20-21-10-3-11-22-20/h1-11,23-24H. The number of ketones is 2. The Morgan fingerprint density at radius 2 is 1.41 bits per heavy atom. The zero-order chi connectivity index (χ0) is 20.6. The van der Waals surface area contributed by atoms with Crippen LogP contribution in [0.2, 0.25) is 0 Å². The molecule has 3 aromatic rings. The summed E-state index contributed by atoms with van der Waals surface area (Å²) >= 11 is 0. The molecule has 2 N–H and O–H groups in total. The lowest BCUT2D eigenvalue weighted by molar-refractivity contribution is -0.111. The number of anilines is 1. The molecular formula is C20H13N3O5S. The van der Waals surface area contributed by atoms with E-state index in [1.54, 1.807) is 12.1 Å². The van der Waals surface area contributed by atoms with E-state index in [-0.39, 0.29) is 32.6 Å². The molecule has 8 nitrogen and oxygen atoms in total. The third-order valence-electron chi connectivity index (χ3n) is 4.31. The Morgan fingerprint density at radius 1 is 0.793 bits per heavy atom. The molecule has 0 amide bonds. The molecular weight excluding hydrogens is 394 g/mol. The van der Waals surface area contributed by atoms with Gasteiger partial charge in [-0.05, 0) is 30.3 Å². The summed E-state index contributed by atoms with van der Waals surface area (Å²) in [5.74, 6) is -1.96. The number of nitrogens with zero attached hydrogens (tertiary/aromatic N) is 2. The van der Waals surface area contributed by atoms with E-state index in [4.69, 9.17) is 0 Å². The van der Waals surface area contributed by atoms with Crippen molar-refractivity contribution in [3.05, 3.63) is 83.8 Å². The summed E-state index contributed by atoms with van der Waals surface area (Å²) in [7, 11) is -3.89. The molecule has 9 heteroatoms. The van der Waals surface area contributed by atoms with Gasteiger partial charge in [0.2, 0.25) is 15.6 Å². The highest BCUT2D eigenvalue weighted by molar-refractivity contribution is 7.91. The van der Waals surface area contributed by atoms with Crippen molar-refractivity contribution < 1.29 is 23.1 Å². The summed E-state index contributed by atoms with van der Waals surface area (Å²) in [4.78, 5) is 32.1. The predicted octanol–water partition coefficient (Wildman–Crippen LogP) is 2.41. The number of carbonyl (C=O) groups excluding carboxylic acids is 2. The van der Waals surface area contributed by atoms with Gasteiger partial charge < -0.3 is 10.4 Å². The Balaban J connectivity index is 1.66. The van der Waals surface area contributed by atoms with Crippen LogP contribution in [0.4, 0.5) is 5.69 Å². The van der Waals surface area contributed by atoms with Gasteiger partial charge in [-0.15, -0.1) is 0 Å². The molecule has 1 aliphatic rings. The van der Waals surface area contributed by atoms with Crippen molar-refractivity contribution in [3.63, 3.8) is 0 Å². The summed E-state index contributed by atoms with van der Waals surface area (Å²) in [5.41, 5.74) is 0.431. The molecule has 2 aromatic carbocycles. The van der Waals surface area contributed by atoms with Crippen LogP contribution in [0, 0.1) is 0 Å². The number of benzene rings is 2.